The zero-order valence-electron chi connectivity index (χ0n) is 8.05. The fourth-order valence-corrected chi connectivity index (χ4v) is 1.03. The third-order valence-electron chi connectivity index (χ3n) is 1.59. The second-order valence-electron chi connectivity index (χ2n) is 2.74. The van der Waals surface area contributed by atoms with Crippen molar-refractivity contribution in [1.82, 2.24) is 10.2 Å². The van der Waals surface area contributed by atoms with E-state index in [1.54, 1.807) is 6.20 Å². The highest BCUT2D eigenvalue weighted by molar-refractivity contribution is 5.69. The number of benzene rings is 1. The van der Waals surface area contributed by atoms with Crippen LogP contribution in [0.2, 0.25) is 0 Å². The molecule has 1 aromatic heterocycles. The summed E-state index contributed by atoms with van der Waals surface area (Å²) in [6.45, 7) is 0. The van der Waals surface area contributed by atoms with Crippen LogP contribution in [0.1, 0.15) is 0 Å². The summed E-state index contributed by atoms with van der Waals surface area (Å²) in [4.78, 5) is 9.00. The number of H-pyrrole nitrogens is 1. The van der Waals surface area contributed by atoms with Gasteiger partial charge in [-0.1, -0.05) is 30.3 Å². The lowest BCUT2D eigenvalue weighted by atomic mass is 10.2. The second-order valence-corrected chi connectivity index (χ2v) is 2.74. The third-order valence-corrected chi connectivity index (χ3v) is 1.59. The van der Waals surface area contributed by atoms with E-state index in [2.05, 4.69) is 21.7 Å². The van der Waals surface area contributed by atoms with E-state index in [9.17, 15) is 0 Å². The quantitative estimate of drug-likeness (QED) is 0.648. The molecule has 2 aromatic rings. The Labute approximate surface area is 87.1 Å². The molecule has 0 bridgehead atoms. The molecule has 5 heteroatoms. The zero-order valence-corrected chi connectivity index (χ0v) is 8.05. The number of nitrogens with two attached hydrogens (primary N) is 2. The maximum atomic E-state index is 9.00. The Morgan fingerprint density at radius 3 is 2.20 bits per heavy atom. The molecule has 1 aromatic carbocycles. The minimum atomic E-state index is -0.833. The lowest BCUT2D eigenvalue weighted by Crippen LogP contribution is -2.18. The van der Waals surface area contributed by atoms with Crippen molar-refractivity contribution in [2.75, 3.05) is 0 Å². The Hall–Kier alpha value is -2.30. The number of urea groups is 1. The number of carbonyl (C=O) groups excluding carboxylic acids is 1. The van der Waals surface area contributed by atoms with Gasteiger partial charge < -0.3 is 11.5 Å². The molecule has 2 amide bonds. The lowest BCUT2D eigenvalue weighted by Gasteiger charge is -1.93. The highest BCUT2D eigenvalue weighted by Crippen LogP contribution is 2.13. The SMILES string of the molecule is NC(N)=O.c1ccc(-c2ccn[nH]2)cc1. The summed E-state index contributed by atoms with van der Waals surface area (Å²) in [5, 5.41) is 6.78. The van der Waals surface area contributed by atoms with E-state index in [0.29, 0.717) is 0 Å². The monoisotopic (exact) mass is 204 g/mol. The van der Waals surface area contributed by atoms with Crippen molar-refractivity contribution in [3.63, 3.8) is 0 Å². The summed E-state index contributed by atoms with van der Waals surface area (Å²) in [5.74, 6) is 0. The molecule has 0 unspecified atom stereocenters. The van der Waals surface area contributed by atoms with Gasteiger partial charge >= 0.3 is 6.03 Å². The van der Waals surface area contributed by atoms with E-state index in [0.717, 1.165) is 5.69 Å². The van der Waals surface area contributed by atoms with Gasteiger partial charge in [-0.15, -0.1) is 0 Å². The smallest absolute Gasteiger partial charge is 0.309 e. The molecule has 0 aliphatic carbocycles. The first kappa shape index (κ1) is 10.8. The predicted octanol–water partition coefficient (Wildman–Crippen LogP) is 1.10. The molecular weight excluding hydrogens is 192 g/mol. The first-order valence-corrected chi connectivity index (χ1v) is 4.30. The summed E-state index contributed by atoms with van der Waals surface area (Å²) in [7, 11) is 0. The Bertz CT molecular complexity index is 393. The number of aromatic nitrogens is 2. The number of hydrogen-bond acceptors (Lipinski definition) is 2. The molecule has 15 heavy (non-hydrogen) atoms. The zero-order chi connectivity index (χ0) is 11.1. The second kappa shape index (κ2) is 5.43. The maximum absolute atomic E-state index is 9.00. The van der Waals surface area contributed by atoms with Crippen LogP contribution in [0.5, 0.6) is 0 Å². The molecule has 0 saturated heterocycles. The van der Waals surface area contributed by atoms with Gasteiger partial charge in [-0.2, -0.15) is 5.10 Å². The van der Waals surface area contributed by atoms with Crippen molar-refractivity contribution in [2.24, 2.45) is 11.5 Å². The average molecular weight is 204 g/mol. The summed E-state index contributed by atoms with van der Waals surface area (Å²) in [5.41, 5.74) is 10.7. The van der Waals surface area contributed by atoms with Crippen LogP contribution < -0.4 is 11.5 Å². The molecule has 0 fully saturated rings. The van der Waals surface area contributed by atoms with Crippen LogP contribution >= 0.6 is 0 Å². The number of carbonyl (C=O) groups is 1. The van der Waals surface area contributed by atoms with E-state index in [1.807, 2.05) is 36.4 Å². The van der Waals surface area contributed by atoms with Gasteiger partial charge in [0, 0.05) is 6.20 Å². The molecule has 5 N–H and O–H groups in total. The minimum Gasteiger partial charge on any atom is -0.352 e. The third kappa shape index (κ3) is 3.95. The van der Waals surface area contributed by atoms with E-state index >= 15 is 0 Å². The fraction of sp³-hybridized carbons (Fsp3) is 0. The first-order chi connectivity index (χ1) is 7.20. The molecular formula is C10H12N4O. The number of nitrogens with one attached hydrogen (secondary N) is 1. The number of primary amides is 2. The summed E-state index contributed by atoms with van der Waals surface area (Å²) in [6, 6.07) is 11.2. The van der Waals surface area contributed by atoms with E-state index in [1.165, 1.54) is 5.56 Å². The molecule has 78 valence electrons. The first-order valence-electron chi connectivity index (χ1n) is 4.30. The van der Waals surface area contributed by atoms with Crippen LogP contribution in [0.3, 0.4) is 0 Å². The molecule has 5 nitrogen and oxygen atoms in total. The summed E-state index contributed by atoms with van der Waals surface area (Å²) >= 11 is 0. The van der Waals surface area contributed by atoms with Gasteiger partial charge in [-0.05, 0) is 11.6 Å². The Balaban J connectivity index is 0.000000245. The molecule has 0 atom stereocenters. The van der Waals surface area contributed by atoms with Gasteiger partial charge in [0.25, 0.3) is 0 Å². The van der Waals surface area contributed by atoms with Gasteiger partial charge in [-0.3, -0.25) is 5.10 Å². The van der Waals surface area contributed by atoms with Crippen LogP contribution in [0.25, 0.3) is 11.3 Å². The van der Waals surface area contributed by atoms with E-state index in [4.69, 9.17) is 4.79 Å². The van der Waals surface area contributed by atoms with Gasteiger partial charge in [0.05, 0.1) is 5.69 Å². The normalized spacial score (nSPS) is 8.80. The summed E-state index contributed by atoms with van der Waals surface area (Å²) in [6.07, 6.45) is 1.75. The molecule has 1 heterocycles. The van der Waals surface area contributed by atoms with Crippen molar-refractivity contribution >= 4 is 6.03 Å². The Morgan fingerprint density at radius 1 is 1.13 bits per heavy atom. The molecule has 0 spiro atoms. The van der Waals surface area contributed by atoms with E-state index in [-0.39, 0.29) is 0 Å². The maximum Gasteiger partial charge on any atom is 0.309 e. The standard InChI is InChI=1S/C9H8N2.CH4N2O/c1-2-4-8(5-3-1)9-6-7-10-11-9;2-1(3)4/h1-7H,(H,10,11);(H4,2,3,4). The largest absolute Gasteiger partial charge is 0.352 e. The van der Waals surface area contributed by atoms with Gasteiger partial charge in [0.1, 0.15) is 0 Å². The number of nitrogens with zero attached hydrogens (tertiary/aromatic N) is 1. The van der Waals surface area contributed by atoms with Crippen molar-refractivity contribution in [3.05, 3.63) is 42.6 Å². The molecule has 0 radical (unpaired) electrons. The van der Waals surface area contributed by atoms with Gasteiger partial charge in [0.2, 0.25) is 0 Å². The van der Waals surface area contributed by atoms with E-state index < -0.39 is 6.03 Å². The number of rotatable bonds is 1. The molecule has 0 aliphatic heterocycles. The van der Waals surface area contributed by atoms with Gasteiger partial charge in [-0.25, -0.2) is 4.79 Å². The fourth-order valence-electron chi connectivity index (χ4n) is 1.03. The lowest BCUT2D eigenvalue weighted by molar-refractivity contribution is 0.256. The van der Waals surface area contributed by atoms with Crippen LogP contribution in [0, 0.1) is 0 Å². The highest BCUT2D eigenvalue weighted by atomic mass is 16.2. The topological polar surface area (TPSA) is 97.8 Å². The molecule has 2 rings (SSSR count). The number of hydrogen-bond donors (Lipinski definition) is 3. The van der Waals surface area contributed by atoms with Crippen LogP contribution in [0.4, 0.5) is 4.79 Å². The number of aromatic amines is 1. The van der Waals surface area contributed by atoms with Crippen molar-refractivity contribution < 1.29 is 4.79 Å². The highest BCUT2D eigenvalue weighted by Gasteiger charge is 1.94. The van der Waals surface area contributed by atoms with Crippen molar-refractivity contribution in [1.29, 1.82) is 0 Å². The summed E-state index contributed by atoms with van der Waals surface area (Å²) < 4.78 is 0. The van der Waals surface area contributed by atoms with Crippen LogP contribution in [-0.4, -0.2) is 16.2 Å². The Morgan fingerprint density at radius 2 is 1.73 bits per heavy atom. The number of amides is 2. The molecule has 0 saturated carbocycles. The van der Waals surface area contributed by atoms with Crippen LogP contribution in [0.15, 0.2) is 42.6 Å². The Kier molecular flexibility index (Phi) is 3.91. The van der Waals surface area contributed by atoms with Crippen molar-refractivity contribution in [3.8, 4) is 11.3 Å². The molecule has 0 aliphatic rings. The minimum absolute atomic E-state index is 0.833. The average Bonchev–Trinajstić information content (AvgIpc) is 2.71. The van der Waals surface area contributed by atoms with Gasteiger partial charge in [0.15, 0.2) is 0 Å². The van der Waals surface area contributed by atoms with Crippen molar-refractivity contribution in [2.45, 2.75) is 0 Å². The van der Waals surface area contributed by atoms with Crippen LogP contribution in [-0.2, 0) is 0 Å². The predicted molar refractivity (Wildman–Crippen MR) is 57.8 cm³/mol.